The molecule has 0 amide bonds. The van der Waals surface area contributed by atoms with Crippen molar-refractivity contribution in [3.05, 3.63) is 12.3 Å². The van der Waals surface area contributed by atoms with E-state index >= 15 is 0 Å². The van der Waals surface area contributed by atoms with Gasteiger partial charge in [0.05, 0.1) is 5.92 Å². The molecule has 0 bridgehead atoms. The number of carbonyl (C=O) groups is 1. The smallest absolute Gasteiger partial charge is 0.309 e. The van der Waals surface area contributed by atoms with E-state index in [0.29, 0.717) is 0 Å². The van der Waals surface area contributed by atoms with E-state index in [1.54, 1.807) is 0 Å². The molecule has 0 spiro atoms. The van der Waals surface area contributed by atoms with Crippen LogP contribution in [0, 0.1) is 5.92 Å². The Balaban J connectivity index is 4.07. The SMILES string of the molecule is C=C(O)[C@H](O)[C@@H](C)C(=O)O. The van der Waals surface area contributed by atoms with Gasteiger partial charge in [-0.05, 0) is 6.92 Å². The fourth-order valence-electron chi connectivity index (χ4n) is 0.424. The molecule has 0 saturated carbocycles. The second kappa shape index (κ2) is 3.22. The number of carboxylic acid groups (broad SMARTS) is 1. The second-order valence-electron chi connectivity index (χ2n) is 2.06. The van der Waals surface area contributed by atoms with Crippen LogP contribution in [0.4, 0.5) is 0 Å². The lowest BCUT2D eigenvalue weighted by Crippen LogP contribution is -2.26. The predicted octanol–water partition coefficient (Wildman–Crippen LogP) is 0.140. The van der Waals surface area contributed by atoms with E-state index in [1.165, 1.54) is 6.92 Å². The summed E-state index contributed by atoms with van der Waals surface area (Å²) in [6, 6.07) is 0. The quantitative estimate of drug-likeness (QED) is 0.495. The van der Waals surface area contributed by atoms with Gasteiger partial charge < -0.3 is 15.3 Å². The molecule has 0 aromatic rings. The summed E-state index contributed by atoms with van der Waals surface area (Å²) in [6.07, 6.45) is -1.38. The van der Waals surface area contributed by atoms with Crippen molar-refractivity contribution >= 4 is 5.97 Å². The summed E-state index contributed by atoms with van der Waals surface area (Å²) >= 11 is 0. The van der Waals surface area contributed by atoms with Crippen LogP contribution in [0.3, 0.4) is 0 Å². The van der Waals surface area contributed by atoms with Gasteiger partial charge in [0.25, 0.3) is 0 Å². The molecule has 3 N–H and O–H groups in total. The topological polar surface area (TPSA) is 77.8 Å². The first-order valence-electron chi connectivity index (χ1n) is 2.75. The summed E-state index contributed by atoms with van der Waals surface area (Å²) in [5.41, 5.74) is 0. The zero-order chi connectivity index (χ0) is 8.31. The Kier molecular flexibility index (Phi) is 2.89. The van der Waals surface area contributed by atoms with Crippen molar-refractivity contribution in [1.82, 2.24) is 0 Å². The lowest BCUT2D eigenvalue weighted by molar-refractivity contribution is -0.144. The highest BCUT2D eigenvalue weighted by molar-refractivity contribution is 5.70. The summed E-state index contributed by atoms with van der Waals surface area (Å²) in [7, 11) is 0. The molecule has 0 unspecified atom stereocenters. The van der Waals surface area contributed by atoms with E-state index in [-0.39, 0.29) is 0 Å². The largest absolute Gasteiger partial charge is 0.510 e. The summed E-state index contributed by atoms with van der Waals surface area (Å²) in [4.78, 5) is 10.1. The first kappa shape index (κ1) is 8.97. The Morgan fingerprint density at radius 1 is 1.50 bits per heavy atom. The second-order valence-corrected chi connectivity index (χ2v) is 2.06. The molecule has 0 aliphatic heterocycles. The fourth-order valence-corrected chi connectivity index (χ4v) is 0.424. The number of aliphatic hydroxyl groups is 2. The molecule has 0 heterocycles. The predicted molar refractivity (Wildman–Crippen MR) is 34.6 cm³/mol. The maximum Gasteiger partial charge on any atom is 0.309 e. The highest BCUT2D eigenvalue weighted by Crippen LogP contribution is 2.07. The van der Waals surface area contributed by atoms with Crippen molar-refractivity contribution in [3.63, 3.8) is 0 Å². The van der Waals surface area contributed by atoms with Crippen LogP contribution in [0.25, 0.3) is 0 Å². The van der Waals surface area contributed by atoms with Crippen molar-refractivity contribution < 1.29 is 20.1 Å². The van der Waals surface area contributed by atoms with Crippen molar-refractivity contribution in [2.75, 3.05) is 0 Å². The number of carboxylic acids is 1. The summed E-state index contributed by atoms with van der Waals surface area (Å²) in [6.45, 7) is 4.29. The average molecular weight is 146 g/mol. The summed E-state index contributed by atoms with van der Waals surface area (Å²) in [5.74, 6) is -2.70. The van der Waals surface area contributed by atoms with Crippen molar-refractivity contribution in [3.8, 4) is 0 Å². The molecule has 4 nitrogen and oxygen atoms in total. The van der Waals surface area contributed by atoms with Gasteiger partial charge in [-0.25, -0.2) is 0 Å². The molecule has 0 aliphatic carbocycles. The molecular weight excluding hydrogens is 136 g/mol. The molecule has 0 aliphatic rings. The van der Waals surface area contributed by atoms with Crippen LogP contribution in [-0.2, 0) is 4.79 Å². The first-order chi connectivity index (χ1) is 4.46. The average Bonchev–Trinajstić information content (AvgIpc) is 1.84. The molecule has 0 aromatic carbocycles. The zero-order valence-corrected chi connectivity index (χ0v) is 5.61. The van der Waals surface area contributed by atoms with E-state index in [4.69, 9.17) is 15.3 Å². The van der Waals surface area contributed by atoms with Gasteiger partial charge in [0.2, 0.25) is 0 Å². The monoisotopic (exact) mass is 146 g/mol. The van der Waals surface area contributed by atoms with Crippen LogP contribution in [-0.4, -0.2) is 27.4 Å². The van der Waals surface area contributed by atoms with Gasteiger partial charge in [0, 0.05) is 0 Å². The minimum Gasteiger partial charge on any atom is -0.510 e. The molecule has 2 atom stereocenters. The van der Waals surface area contributed by atoms with Crippen LogP contribution in [0.2, 0.25) is 0 Å². The van der Waals surface area contributed by atoms with Gasteiger partial charge in [-0.1, -0.05) is 6.58 Å². The van der Waals surface area contributed by atoms with Gasteiger partial charge in [-0.2, -0.15) is 0 Å². The third-order valence-electron chi connectivity index (χ3n) is 1.20. The van der Waals surface area contributed by atoms with E-state index < -0.39 is 23.8 Å². The van der Waals surface area contributed by atoms with E-state index in [0.717, 1.165) is 0 Å². The van der Waals surface area contributed by atoms with Crippen molar-refractivity contribution in [2.45, 2.75) is 13.0 Å². The Morgan fingerprint density at radius 3 is 2.00 bits per heavy atom. The van der Waals surface area contributed by atoms with Crippen molar-refractivity contribution in [1.29, 1.82) is 0 Å². The zero-order valence-electron chi connectivity index (χ0n) is 5.61. The third kappa shape index (κ3) is 2.06. The summed E-state index contributed by atoms with van der Waals surface area (Å²) < 4.78 is 0. The minimum atomic E-state index is -1.38. The standard InChI is InChI=1S/C6H10O4/c1-3(6(9)10)5(8)4(2)7/h3,5,7-8H,2H2,1H3,(H,9,10)/t3-,5-/m1/s1. The molecule has 0 rings (SSSR count). The third-order valence-corrected chi connectivity index (χ3v) is 1.20. The molecule has 58 valence electrons. The van der Waals surface area contributed by atoms with Crippen LogP contribution in [0.5, 0.6) is 0 Å². The number of hydrogen-bond acceptors (Lipinski definition) is 3. The van der Waals surface area contributed by atoms with E-state index in [2.05, 4.69) is 6.58 Å². The number of aliphatic hydroxyl groups excluding tert-OH is 2. The lowest BCUT2D eigenvalue weighted by Gasteiger charge is -2.12. The number of aliphatic carboxylic acids is 1. The van der Waals surface area contributed by atoms with Crippen LogP contribution < -0.4 is 0 Å². The Labute approximate surface area is 58.4 Å². The molecule has 0 saturated heterocycles. The van der Waals surface area contributed by atoms with Crippen LogP contribution in [0.15, 0.2) is 12.3 Å². The summed E-state index contributed by atoms with van der Waals surface area (Å²) in [5, 5.41) is 25.7. The van der Waals surface area contributed by atoms with Crippen LogP contribution in [0.1, 0.15) is 6.92 Å². The Morgan fingerprint density at radius 2 is 1.90 bits per heavy atom. The van der Waals surface area contributed by atoms with E-state index in [9.17, 15) is 4.79 Å². The highest BCUT2D eigenvalue weighted by Gasteiger charge is 2.23. The minimum absolute atomic E-state index is 0.519. The van der Waals surface area contributed by atoms with Gasteiger partial charge in [-0.15, -0.1) is 0 Å². The van der Waals surface area contributed by atoms with Gasteiger partial charge in [-0.3, -0.25) is 4.79 Å². The number of hydrogen-bond donors (Lipinski definition) is 3. The molecule has 10 heavy (non-hydrogen) atoms. The Bertz CT molecular complexity index is 134. The molecule has 0 fully saturated rings. The number of rotatable bonds is 3. The molecule has 4 heteroatoms. The van der Waals surface area contributed by atoms with Crippen molar-refractivity contribution in [2.24, 2.45) is 5.92 Å². The fraction of sp³-hybridized carbons (Fsp3) is 0.500. The molecule has 0 radical (unpaired) electrons. The molecule has 0 aromatic heterocycles. The highest BCUT2D eigenvalue weighted by atomic mass is 16.4. The first-order valence-corrected chi connectivity index (χ1v) is 2.75. The van der Waals surface area contributed by atoms with Gasteiger partial charge in [0.1, 0.15) is 11.9 Å². The van der Waals surface area contributed by atoms with Crippen LogP contribution >= 0.6 is 0 Å². The maximum absolute atomic E-state index is 10.1. The maximum atomic E-state index is 10.1. The van der Waals surface area contributed by atoms with E-state index in [1.807, 2.05) is 0 Å². The lowest BCUT2D eigenvalue weighted by atomic mass is 10.0. The van der Waals surface area contributed by atoms with Gasteiger partial charge in [0.15, 0.2) is 0 Å². The normalized spacial score (nSPS) is 15.8. The van der Waals surface area contributed by atoms with Gasteiger partial charge >= 0.3 is 5.97 Å². The molecular formula is C6H10O4. The Hall–Kier alpha value is -1.03.